The molecule has 1 nitrogen and oxygen atoms in total. The normalized spacial score (nSPS) is 48.0. The first-order valence-electron chi connectivity index (χ1n) is 4.12. The molecule has 10 heavy (non-hydrogen) atoms. The van der Waals surface area contributed by atoms with Gasteiger partial charge in [-0.1, -0.05) is 0 Å². The second kappa shape index (κ2) is 1.94. The molecular weight excluding hydrogens is 129 g/mol. The Bertz CT molecular complexity index is 148. The molecule has 2 heterocycles. The van der Waals surface area contributed by atoms with Crippen molar-refractivity contribution in [1.29, 1.82) is 0 Å². The van der Waals surface area contributed by atoms with Crippen LogP contribution in [0.25, 0.3) is 0 Å². The van der Waals surface area contributed by atoms with Gasteiger partial charge in [-0.2, -0.15) is 0 Å². The minimum Gasteiger partial charge on any atom is -0.295 e. The molecule has 2 saturated heterocycles. The molecule has 2 heteroatoms. The second-order valence-corrected chi connectivity index (χ2v) is 3.70. The van der Waals surface area contributed by atoms with Crippen LogP contribution in [-0.2, 0) is 0 Å². The number of hydrogen-bond acceptors (Lipinski definition) is 1. The van der Waals surface area contributed by atoms with E-state index in [4.69, 9.17) is 0 Å². The summed E-state index contributed by atoms with van der Waals surface area (Å²) < 4.78 is 13.2. The maximum atomic E-state index is 13.2. The van der Waals surface area contributed by atoms with E-state index < -0.39 is 6.17 Å². The van der Waals surface area contributed by atoms with Crippen molar-refractivity contribution in [1.82, 2.24) is 4.90 Å². The van der Waals surface area contributed by atoms with E-state index in [9.17, 15) is 4.39 Å². The summed E-state index contributed by atoms with van der Waals surface area (Å²) in [4.78, 5) is 2.30. The number of rotatable bonds is 0. The van der Waals surface area contributed by atoms with Gasteiger partial charge in [0.25, 0.3) is 0 Å². The maximum Gasteiger partial charge on any atom is 0.119 e. The third-order valence-electron chi connectivity index (χ3n) is 3.16. The molecule has 2 unspecified atom stereocenters. The van der Waals surface area contributed by atoms with Crippen molar-refractivity contribution in [3.8, 4) is 0 Å². The first kappa shape index (κ1) is 6.59. The molecule has 0 spiro atoms. The third-order valence-corrected chi connectivity index (χ3v) is 3.16. The molecule has 2 atom stereocenters. The van der Waals surface area contributed by atoms with Gasteiger partial charge in [0.15, 0.2) is 0 Å². The second-order valence-electron chi connectivity index (χ2n) is 3.70. The number of nitrogens with zero attached hydrogens (tertiary/aromatic N) is 1. The fraction of sp³-hybridized carbons (Fsp3) is 1.00. The minimum atomic E-state index is -0.560. The lowest BCUT2D eigenvalue weighted by Gasteiger charge is -2.28. The highest BCUT2D eigenvalue weighted by molar-refractivity contribution is 5.02. The van der Waals surface area contributed by atoms with Crippen LogP contribution in [0.5, 0.6) is 0 Å². The van der Waals surface area contributed by atoms with Crippen LogP contribution in [0.1, 0.15) is 26.2 Å². The highest BCUT2D eigenvalue weighted by atomic mass is 19.1. The van der Waals surface area contributed by atoms with E-state index in [1.165, 1.54) is 6.42 Å². The zero-order valence-electron chi connectivity index (χ0n) is 6.44. The van der Waals surface area contributed by atoms with E-state index >= 15 is 0 Å². The van der Waals surface area contributed by atoms with Crippen LogP contribution >= 0.6 is 0 Å². The molecule has 0 aliphatic carbocycles. The summed E-state index contributed by atoms with van der Waals surface area (Å²) in [6.07, 6.45) is 2.46. The molecule has 2 aliphatic heterocycles. The standard InChI is InChI=1S/C8H14FN/c1-8-4-2-5-10(8)6-3-7(8)9/h7H,2-6H2,1H3. The largest absolute Gasteiger partial charge is 0.295 e. The lowest BCUT2D eigenvalue weighted by molar-refractivity contribution is 0.137. The van der Waals surface area contributed by atoms with E-state index in [-0.39, 0.29) is 5.54 Å². The van der Waals surface area contributed by atoms with Gasteiger partial charge in [0, 0.05) is 12.1 Å². The van der Waals surface area contributed by atoms with Crippen LogP contribution in [0.3, 0.4) is 0 Å². The van der Waals surface area contributed by atoms with Crippen molar-refractivity contribution in [2.45, 2.75) is 37.9 Å². The summed E-state index contributed by atoms with van der Waals surface area (Å²) in [5, 5.41) is 0. The summed E-state index contributed by atoms with van der Waals surface area (Å²) in [5.74, 6) is 0. The van der Waals surface area contributed by atoms with Crippen LogP contribution in [-0.4, -0.2) is 29.7 Å². The number of fused-ring (bicyclic) bond motifs is 1. The Morgan fingerprint density at radius 2 is 2.30 bits per heavy atom. The van der Waals surface area contributed by atoms with Crippen LogP contribution in [0.2, 0.25) is 0 Å². The van der Waals surface area contributed by atoms with Crippen molar-refractivity contribution in [3.05, 3.63) is 0 Å². The molecule has 2 rings (SSSR count). The molecule has 0 aromatic carbocycles. The number of hydrogen-bond donors (Lipinski definition) is 0. The van der Waals surface area contributed by atoms with E-state index in [0.29, 0.717) is 0 Å². The van der Waals surface area contributed by atoms with Gasteiger partial charge in [-0.25, -0.2) is 4.39 Å². The summed E-state index contributed by atoms with van der Waals surface area (Å²) >= 11 is 0. The molecule has 0 bridgehead atoms. The van der Waals surface area contributed by atoms with Gasteiger partial charge in [-0.05, 0) is 32.7 Å². The van der Waals surface area contributed by atoms with Crippen molar-refractivity contribution >= 4 is 0 Å². The summed E-state index contributed by atoms with van der Waals surface area (Å²) in [6.45, 7) is 4.17. The molecule has 0 radical (unpaired) electrons. The molecule has 2 fully saturated rings. The molecule has 0 saturated carbocycles. The third kappa shape index (κ3) is 0.656. The van der Waals surface area contributed by atoms with Gasteiger partial charge in [-0.15, -0.1) is 0 Å². The SMILES string of the molecule is CC12CCCN1CCC2F. The fourth-order valence-corrected chi connectivity index (χ4v) is 2.34. The number of alkyl halides is 1. The molecule has 2 aliphatic rings. The summed E-state index contributed by atoms with van der Waals surface area (Å²) in [7, 11) is 0. The van der Waals surface area contributed by atoms with Crippen LogP contribution < -0.4 is 0 Å². The molecule has 0 aromatic heterocycles. The first-order chi connectivity index (χ1) is 4.73. The highest BCUT2D eigenvalue weighted by Gasteiger charge is 2.47. The molecule has 0 aromatic rings. The molecule has 0 N–H and O–H groups in total. The highest BCUT2D eigenvalue weighted by Crippen LogP contribution is 2.39. The monoisotopic (exact) mass is 143 g/mol. The Hall–Kier alpha value is -0.110. The van der Waals surface area contributed by atoms with Crippen molar-refractivity contribution < 1.29 is 4.39 Å². The first-order valence-corrected chi connectivity index (χ1v) is 4.12. The maximum absolute atomic E-state index is 13.2. The van der Waals surface area contributed by atoms with Crippen LogP contribution in [0.4, 0.5) is 4.39 Å². The predicted molar refractivity (Wildman–Crippen MR) is 38.7 cm³/mol. The Morgan fingerprint density at radius 3 is 3.00 bits per heavy atom. The van der Waals surface area contributed by atoms with Crippen molar-refractivity contribution in [3.63, 3.8) is 0 Å². The minimum absolute atomic E-state index is 0.0694. The van der Waals surface area contributed by atoms with Gasteiger partial charge in [0.1, 0.15) is 6.17 Å². The van der Waals surface area contributed by atoms with Crippen LogP contribution in [0, 0.1) is 0 Å². The Kier molecular flexibility index (Phi) is 1.28. The zero-order valence-corrected chi connectivity index (χ0v) is 6.44. The quantitative estimate of drug-likeness (QED) is 0.497. The Morgan fingerprint density at radius 1 is 1.50 bits per heavy atom. The number of halogens is 1. The van der Waals surface area contributed by atoms with Gasteiger partial charge in [0.05, 0.1) is 0 Å². The van der Waals surface area contributed by atoms with E-state index in [1.807, 2.05) is 0 Å². The van der Waals surface area contributed by atoms with Gasteiger partial charge in [-0.3, -0.25) is 4.90 Å². The predicted octanol–water partition coefficient (Wildman–Crippen LogP) is 1.58. The average molecular weight is 143 g/mol. The van der Waals surface area contributed by atoms with Crippen molar-refractivity contribution in [2.24, 2.45) is 0 Å². The summed E-state index contributed by atoms with van der Waals surface area (Å²) in [6, 6.07) is 0. The lowest BCUT2D eigenvalue weighted by Crippen LogP contribution is -2.40. The molecule has 0 amide bonds. The Labute approximate surface area is 61.2 Å². The molecular formula is C8H14FN. The lowest BCUT2D eigenvalue weighted by atomic mass is 9.95. The van der Waals surface area contributed by atoms with E-state index in [0.717, 1.165) is 25.9 Å². The molecule has 58 valence electrons. The van der Waals surface area contributed by atoms with E-state index in [2.05, 4.69) is 11.8 Å². The zero-order chi connectivity index (χ0) is 7.19. The summed E-state index contributed by atoms with van der Waals surface area (Å²) in [5.41, 5.74) is -0.0694. The fourth-order valence-electron chi connectivity index (χ4n) is 2.34. The van der Waals surface area contributed by atoms with Crippen molar-refractivity contribution in [2.75, 3.05) is 13.1 Å². The van der Waals surface area contributed by atoms with Crippen LogP contribution in [0.15, 0.2) is 0 Å². The topological polar surface area (TPSA) is 3.24 Å². The smallest absolute Gasteiger partial charge is 0.119 e. The Balaban J connectivity index is 2.21. The van der Waals surface area contributed by atoms with Gasteiger partial charge >= 0.3 is 0 Å². The van der Waals surface area contributed by atoms with Gasteiger partial charge < -0.3 is 0 Å². The average Bonchev–Trinajstić information content (AvgIpc) is 2.36. The van der Waals surface area contributed by atoms with Gasteiger partial charge in [0.2, 0.25) is 0 Å². The van der Waals surface area contributed by atoms with E-state index in [1.54, 1.807) is 0 Å².